The maximum absolute atomic E-state index is 5.52. The molecule has 3 heteroatoms. The molecule has 0 aromatic rings. The first-order chi connectivity index (χ1) is 5.06. The lowest BCUT2D eigenvalue weighted by molar-refractivity contribution is 0.337. The standard InChI is InChI=1S/C8H16O2Si/c1-9-7-5-6-8-10-11(2,3)4/h6-7H,8H2,1-4H3. The molecule has 0 N–H and O–H groups in total. The third-order valence-corrected chi connectivity index (χ3v) is 1.94. The van der Waals surface area contributed by atoms with Crippen molar-refractivity contribution in [1.82, 2.24) is 0 Å². The van der Waals surface area contributed by atoms with Gasteiger partial charge in [0, 0.05) is 0 Å². The Morgan fingerprint density at radius 2 is 2.00 bits per heavy atom. The Morgan fingerprint density at radius 3 is 2.45 bits per heavy atom. The second-order valence-electron chi connectivity index (χ2n) is 3.15. The summed E-state index contributed by atoms with van der Waals surface area (Å²) in [5.74, 6) is 0. The van der Waals surface area contributed by atoms with Crippen LogP contribution in [0.4, 0.5) is 0 Å². The van der Waals surface area contributed by atoms with Crippen LogP contribution < -0.4 is 0 Å². The number of methoxy groups -OCH3 is 1. The molecule has 0 spiro atoms. The number of rotatable bonds is 4. The van der Waals surface area contributed by atoms with Crippen LogP contribution in [0.1, 0.15) is 0 Å². The molecule has 0 aliphatic rings. The van der Waals surface area contributed by atoms with Gasteiger partial charge in [-0.15, -0.1) is 0 Å². The molecule has 0 rings (SSSR count). The van der Waals surface area contributed by atoms with Crippen molar-refractivity contribution in [1.29, 1.82) is 0 Å². The van der Waals surface area contributed by atoms with Gasteiger partial charge in [0.1, 0.15) is 6.26 Å². The van der Waals surface area contributed by atoms with Crippen LogP contribution in [0, 0.1) is 0 Å². The third kappa shape index (κ3) is 9.50. The molecule has 11 heavy (non-hydrogen) atoms. The highest BCUT2D eigenvalue weighted by molar-refractivity contribution is 6.69. The van der Waals surface area contributed by atoms with Gasteiger partial charge in [0.25, 0.3) is 0 Å². The van der Waals surface area contributed by atoms with Crippen molar-refractivity contribution in [2.45, 2.75) is 19.6 Å². The zero-order valence-corrected chi connectivity index (χ0v) is 8.68. The SMILES string of the molecule is COC=C=CCO[Si](C)(C)C. The monoisotopic (exact) mass is 172 g/mol. The van der Waals surface area contributed by atoms with Crippen molar-refractivity contribution in [3.63, 3.8) is 0 Å². The molecule has 0 aliphatic heterocycles. The van der Waals surface area contributed by atoms with Crippen LogP contribution in [0.25, 0.3) is 0 Å². The molecular formula is C8H16O2Si. The molecule has 0 aromatic heterocycles. The van der Waals surface area contributed by atoms with Crippen LogP contribution in [0.3, 0.4) is 0 Å². The smallest absolute Gasteiger partial charge is 0.184 e. The van der Waals surface area contributed by atoms with E-state index in [2.05, 4.69) is 30.1 Å². The second kappa shape index (κ2) is 5.19. The van der Waals surface area contributed by atoms with Gasteiger partial charge in [0.2, 0.25) is 0 Å². The van der Waals surface area contributed by atoms with E-state index < -0.39 is 8.32 Å². The van der Waals surface area contributed by atoms with E-state index in [-0.39, 0.29) is 0 Å². The quantitative estimate of drug-likeness (QED) is 0.367. The molecule has 0 unspecified atom stereocenters. The summed E-state index contributed by atoms with van der Waals surface area (Å²) in [6.45, 7) is 7.10. The molecule has 0 bridgehead atoms. The largest absolute Gasteiger partial charge is 0.496 e. The van der Waals surface area contributed by atoms with E-state index in [1.807, 2.05) is 6.08 Å². The molecule has 0 aromatic carbocycles. The molecule has 0 saturated heterocycles. The van der Waals surface area contributed by atoms with Crippen molar-refractivity contribution in [3.8, 4) is 0 Å². The Balaban J connectivity index is 3.50. The summed E-state index contributed by atoms with van der Waals surface area (Å²) in [7, 11) is 0.254. The highest BCUT2D eigenvalue weighted by atomic mass is 28.4. The summed E-state index contributed by atoms with van der Waals surface area (Å²) in [5.41, 5.74) is 2.83. The summed E-state index contributed by atoms with van der Waals surface area (Å²) in [6, 6.07) is 0. The average molecular weight is 172 g/mol. The number of ether oxygens (including phenoxy) is 1. The van der Waals surface area contributed by atoms with Gasteiger partial charge in [-0.05, 0) is 25.7 Å². The lowest BCUT2D eigenvalue weighted by atomic mass is 10.6. The molecule has 0 fully saturated rings. The topological polar surface area (TPSA) is 18.5 Å². The average Bonchev–Trinajstić information content (AvgIpc) is 1.85. The van der Waals surface area contributed by atoms with Gasteiger partial charge >= 0.3 is 0 Å². The molecule has 64 valence electrons. The van der Waals surface area contributed by atoms with E-state index in [0.717, 1.165) is 0 Å². The van der Waals surface area contributed by atoms with Crippen LogP contribution in [-0.2, 0) is 9.16 Å². The zero-order chi connectivity index (χ0) is 8.74. The fourth-order valence-corrected chi connectivity index (χ4v) is 1.04. The lowest BCUT2D eigenvalue weighted by Gasteiger charge is -2.14. The Kier molecular flexibility index (Phi) is 4.95. The van der Waals surface area contributed by atoms with Crippen LogP contribution in [0.2, 0.25) is 19.6 Å². The molecule has 0 aliphatic carbocycles. The number of hydrogen-bond donors (Lipinski definition) is 0. The summed E-state index contributed by atoms with van der Waals surface area (Å²) >= 11 is 0. The van der Waals surface area contributed by atoms with E-state index in [1.54, 1.807) is 7.11 Å². The highest BCUT2D eigenvalue weighted by Crippen LogP contribution is 2.01. The molecule has 0 saturated carbocycles. The fraction of sp³-hybridized carbons (Fsp3) is 0.625. The van der Waals surface area contributed by atoms with Crippen molar-refractivity contribution < 1.29 is 9.16 Å². The first kappa shape index (κ1) is 10.5. The molecule has 0 atom stereocenters. The fourth-order valence-electron chi connectivity index (χ4n) is 0.456. The summed E-state index contributed by atoms with van der Waals surface area (Å²) in [6.07, 6.45) is 3.33. The zero-order valence-electron chi connectivity index (χ0n) is 7.68. The van der Waals surface area contributed by atoms with Crippen molar-refractivity contribution in [2.75, 3.05) is 13.7 Å². The van der Waals surface area contributed by atoms with Crippen molar-refractivity contribution in [2.24, 2.45) is 0 Å². The first-order valence-corrected chi connectivity index (χ1v) is 7.03. The van der Waals surface area contributed by atoms with Gasteiger partial charge in [-0.25, -0.2) is 0 Å². The van der Waals surface area contributed by atoms with E-state index in [9.17, 15) is 0 Å². The maximum Gasteiger partial charge on any atom is 0.184 e. The van der Waals surface area contributed by atoms with E-state index in [1.165, 1.54) is 6.26 Å². The van der Waals surface area contributed by atoms with E-state index >= 15 is 0 Å². The van der Waals surface area contributed by atoms with Crippen LogP contribution in [0.5, 0.6) is 0 Å². The third-order valence-electron chi connectivity index (χ3n) is 0.903. The number of hydrogen-bond acceptors (Lipinski definition) is 2. The lowest BCUT2D eigenvalue weighted by Crippen LogP contribution is -2.25. The van der Waals surface area contributed by atoms with Gasteiger partial charge in [-0.1, -0.05) is 5.73 Å². The van der Waals surface area contributed by atoms with E-state index in [4.69, 9.17) is 4.43 Å². The minimum Gasteiger partial charge on any atom is -0.496 e. The van der Waals surface area contributed by atoms with Gasteiger partial charge in [-0.3, -0.25) is 0 Å². The van der Waals surface area contributed by atoms with Crippen LogP contribution in [-0.4, -0.2) is 22.0 Å². The predicted octanol–water partition coefficient (Wildman–Crippen LogP) is 2.15. The van der Waals surface area contributed by atoms with Gasteiger partial charge in [0.05, 0.1) is 13.7 Å². The Labute approximate surface area is 69.6 Å². The minimum atomic E-state index is -1.34. The van der Waals surface area contributed by atoms with Gasteiger partial charge in [-0.2, -0.15) is 0 Å². The van der Waals surface area contributed by atoms with Crippen molar-refractivity contribution in [3.05, 3.63) is 18.1 Å². The van der Waals surface area contributed by atoms with E-state index in [0.29, 0.717) is 6.61 Å². The molecule has 2 nitrogen and oxygen atoms in total. The Hall–Kier alpha value is -0.503. The molecule has 0 amide bonds. The molecular weight excluding hydrogens is 156 g/mol. The highest BCUT2D eigenvalue weighted by Gasteiger charge is 2.11. The predicted molar refractivity (Wildman–Crippen MR) is 49.0 cm³/mol. The summed E-state index contributed by atoms with van der Waals surface area (Å²) in [5, 5.41) is 0. The Morgan fingerprint density at radius 1 is 1.36 bits per heavy atom. The summed E-state index contributed by atoms with van der Waals surface area (Å²) in [4.78, 5) is 0. The maximum atomic E-state index is 5.52. The first-order valence-electron chi connectivity index (χ1n) is 3.62. The normalized spacial score (nSPS) is 10.2. The summed E-state index contributed by atoms with van der Waals surface area (Å²) < 4.78 is 10.2. The van der Waals surface area contributed by atoms with Crippen LogP contribution in [0.15, 0.2) is 18.1 Å². The Bertz CT molecular complexity index is 152. The van der Waals surface area contributed by atoms with Gasteiger partial charge < -0.3 is 9.16 Å². The molecule has 0 radical (unpaired) electrons. The molecule has 0 heterocycles. The van der Waals surface area contributed by atoms with Gasteiger partial charge in [0.15, 0.2) is 8.32 Å². The van der Waals surface area contributed by atoms with Crippen molar-refractivity contribution >= 4 is 8.32 Å². The second-order valence-corrected chi connectivity index (χ2v) is 7.66. The van der Waals surface area contributed by atoms with Crippen LogP contribution >= 0.6 is 0 Å². The minimum absolute atomic E-state index is 0.635.